The van der Waals surface area contributed by atoms with Crippen LogP contribution >= 0.6 is 0 Å². The van der Waals surface area contributed by atoms with E-state index in [1.54, 1.807) is 49.6 Å². The molecule has 3 aromatic rings. The Morgan fingerprint density at radius 1 is 1.04 bits per heavy atom. The molecule has 0 saturated carbocycles. The molecular weight excluding hydrogens is 296 g/mol. The van der Waals surface area contributed by atoms with Gasteiger partial charge in [-0.1, -0.05) is 18.2 Å². The third kappa shape index (κ3) is 3.13. The summed E-state index contributed by atoms with van der Waals surface area (Å²) in [4.78, 5) is 11.9. The average molecular weight is 310 g/mol. The number of hydrogen-bond donors (Lipinski definition) is 3. The van der Waals surface area contributed by atoms with Crippen LogP contribution in [0.4, 0.5) is 11.4 Å². The number of aromatic amines is 2. The summed E-state index contributed by atoms with van der Waals surface area (Å²) in [5.74, 6) is 0.748. The third-order valence-electron chi connectivity index (χ3n) is 3.21. The summed E-state index contributed by atoms with van der Waals surface area (Å²) in [5, 5.41) is 22.9. The van der Waals surface area contributed by atoms with Crippen LogP contribution in [0.3, 0.4) is 0 Å². The molecule has 2 aromatic carbocycles. The third-order valence-corrected chi connectivity index (χ3v) is 3.21. The van der Waals surface area contributed by atoms with E-state index in [-0.39, 0.29) is 11.4 Å². The Hall–Kier alpha value is -3.35. The number of hydrogen-bond acceptors (Lipinski definition) is 5. The molecule has 0 saturated heterocycles. The number of ether oxygens (including phenoxy) is 1. The minimum Gasteiger partial charge on any atom is -0.508 e. The van der Waals surface area contributed by atoms with Gasteiger partial charge in [0.15, 0.2) is 5.69 Å². The number of azo groups is 1. The van der Waals surface area contributed by atoms with Gasteiger partial charge in [-0.25, -0.2) is 0 Å². The maximum atomic E-state index is 11.9. The van der Waals surface area contributed by atoms with Crippen LogP contribution in [0, 0.1) is 0 Å². The highest BCUT2D eigenvalue weighted by molar-refractivity contribution is 5.72. The van der Waals surface area contributed by atoms with Gasteiger partial charge in [0.2, 0.25) is 0 Å². The quantitative estimate of drug-likeness (QED) is 0.642. The van der Waals surface area contributed by atoms with E-state index in [0.717, 1.165) is 0 Å². The molecule has 7 nitrogen and oxygen atoms in total. The fourth-order valence-corrected chi connectivity index (χ4v) is 2.10. The first-order valence-electron chi connectivity index (χ1n) is 6.83. The van der Waals surface area contributed by atoms with Crippen LogP contribution in [0.15, 0.2) is 63.6 Å². The van der Waals surface area contributed by atoms with E-state index in [2.05, 4.69) is 20.4 Å². The summed E-state index contributed by atoms with van der Waals surface area (Å²) in [6.45, 7) is 0. The number of rotatable bonds is 4. The van der Waals surface area contributed by atoms with E-state index in [1.807, 2.05) is 0 Å². The van der Waals surface area contributed by atoms with Crippen LogP contribution in [0.25, 0.3) is 11.3 Å². The molecule has 7 heteroatoms. The van der Waals surface area contributed by atoms with Gasteiger partial charge in [-0.3, -0.25) is 15.0 Å². The van der Waals surface area contributed by atoms with Crippen molar-refractivity contribution >= 4 is 11.4 Å². The molecule has 1 heterocycles. The van der Waals surface area contributed by atoms with Crippen molar-refractivity contribution < 1.29 is 9.84 Å². The molecule has 0 radical (unpaired) electrons. The first-order chi connectivity index (χ1) is 11.2. The Kier molecular flexibility index (Phi) is 3.92. The number of aromatic hydroxyl groups is 1. The minimum absolute atomic E-state index is 0.0974. The molecule has 0 amide bonds. The van der Waals surface area contributed by atoms with Gasteiger partial charge in [0.05, 0.1) is 18.5 Å². The second-order valence-corrected chi connectivity index (χ2v) is 4.75. The van der Waals surface area contributed by atoms with Gasteiger partial charge in [0.1, 0.15) is 11.5 Å². The van der Waals surface area contributed by atoms with Crippen molar-refractivity contribution in [2.45, 2.75) is 0 Å². The second kappa shape index (κ2) is 6.18. The molecule has 0 aliphatic heterocycles. The molecule has 23 heavy (non-hydrogen) atoms. The van der Waals surface area contributed by atoms with Gasteiger partial charge in [0, 0.05) is 11.6 Å². The van der Waals surface area contributed by atoms with Crippen molar-refractivity contribution in [3.8, 4) is 22.8 Å². The molecule has 0 aliphatic carbocycles. The van der Waals surface area contributed by atoms with E-state index >= 15 is 0 Å². The largest absolute Gasteiger partial charge is 0.508 e. The second-order valence-electron chi connectivity index (χ2n) is 4.75. The maximum Gasteiger partial charge on any atom is 0.292 e. The molecule has 3 rings (SSSR count). The summed E-state index contributed by atoms with van der Waals surface area (Å²) in [5.41, 5.74) is 1.39. The molecule has 1 aromatic heterocycles. The molecule has 116 valence electrons. The predicted molar refractivity (Wildman–Crippen MR) is 85.7 cm³/mol. The van der Waals surface area contributed by atoms with E-state index < -0.39 is 5.56 Å². The summed E-state index contributed by atoms with van der Waals surface area (Å²) in [6, 6.07) is 13.5. The van der Waals surface area contributed by atoms with Crippen LogP contribution in [-0.4, -0.2) is 22.4 Å². The number of benzene rings is 2. The van der Waals surface area contributed by atoms with Gasteiger partial charge >= 0.3 is 0 Å². The first-order valence-corrected chi connectivity index (χ1v) is 6.83. The first kappa shape index (κ1) is 14.6. The molecule has 3 N–H and O–H groups in total. The molecule has 0 bridgehead atoms. The Labute approximate surface area is 131 Å². The number of nitrogens with zero attached hydrogens (tertiary/aromatic N) is 2. The lowest BCUT2D eigenvalue weighted by Crippen LogP contribution is -1.96. The Balaban J connectivity index is 1.99. The van der Waals surface area contributed by atoms with Crippen molar-refractivity contribution in [1.29, 1.82) is 0 Å². The Morgan fingerprint density at radius 2 is 1.87 bits per heavy atom. The van der Waals surface area contributed by atoms with Gasteiger partial charge in [0.25, 0.3) is 5.56 Å². The number of H-pyrrole nitrogens is 2. The number of aromatic nitrogens is 2. The predicted octanol–water partition coefficient (Wildman–Crippen LogP) is 3.50. The fraction of sp³-hybridized carbons (Fsp3) is 0.0625. The summed E-state index contributed by atoms with van der Waals surface area (Å²) >= 11 is 0. The lowest BCUT2D eigenvalue weighted by molar-refractivity contribution is 0.415. The van der Waals surface area contributed by atoms with E-state index in [1.165, 1.54) is 6.07 Å². The van der Waals surface area contributed by atoms with Crippen LogP contribution in [-0.2, 0) is 0 Å². The zero-order chi connectivity index (χ0) is 16.2. The number of methoxy groups -OCH3 is 1. The van der Waals surface area contributed by atoms with Gasteiger partial charge < -0.3 is 9.84 Å². The summed E-state index contributed by atoms with van der Waals surface area (Å²) < 4.78 is 5.12. The molecular formula is C16H14N4O3. The van der Waals surface area contributed by atoms with E-state index in [9.17, 15) is 9.90 Å². The summed E-state index contributed by atoms with van der Waals surface area (Å²) in [6.07, 6.45) is 0. The maximum absolute atomic E-state index is 11.9. The van der Waals surface area contributed by atoms with Crippen LogP contribution in [0.5, 0.6) is 11.5 Å². The highest BCUT2D eigenvalue weighted by atomic mass is 16.5. The molecule has 0 atom stereocenters. The Morgan fingerprint density at radius 3 is 2.65 bits per heavy atom. The van der Waals surface area contributed by atoms with Crippen molar-refractivity contribution in [1.82, 2.24) is 10.2 Å². The smallest absolute Gasteiger partial charge is 0.292 e. The zero-order valence-corrected chi connectivity index (χ0v) is 12.3. The molecule has 0 unspecified atom stereocenters. The van der Waals surface area contributed by atoms with Crippen LogP contribution in [0.2, 0.25) is 0 Å². The van der Waals surface area contributed by atoms with Crippen molar-refractivity contribution in [3.63, 3.8) is 0 Å². The van der Waals surface area contributed by atoms with E-state index in [4.69, 9.17) is 4.74 Å². The lowest BCUT2D eigenvalue weighted by Gasteiger charge is -2.00. The Bertz CT molecular complexity index is 911. The molecule has 0 spiro atoms. The number of phenols is 1. The lowest BCUT2D eigenvalue weighted by atomic mass is 10.1. The topological polar surface area (TPSA) is 103 Å². The minimum atomic E-state index is -0.394. The van der Waals surface area contributed by atoms with Gasteiger partial charge in [-0.05, 0) is 24.3 Å². The standard InChI is InChI=1S/C16H14N4O3/c1-23-13-7-3-5-11(9-13)17-19-15-14(18-20-16(15)22)10-4-2-6-12(21)8-10/h2-9,21H,1H3,(H2,18,20,22). The SMILES string of the molecule is COc1cccc(N=Nc2c(-c3cccc(O)c3)[nH][nH]c2=O)c1. The van der Waals surface area contributed by atoms with E-state index in [0.29, 0.717) is 22.7 Å². The number of nitrogens with one attached hydrogen (secondary N) is 2. The number of phenolic OH excluding ortho intramolecular Hbond substituents is 1. The monoisotopic (exact) mass is 310 g/mol. The van der Waals surface area contributed by atoms with Crippen molar-refractivity contribution in [3.05, 3.63) is 58.9 Å². The fourth-order valence-electron chi connectivity index (χ4n) is 2.10. The summed E-state index contributed by atoms with van der Waals surface area (Å²) in [7, 11) is 1.56. The van der Waals surface area contributed by atoms with Crippen LogP contribution < -0.4 is 10.3 Å². The zero-order valence-electron chi connectivity index (χ0n) is 12.3. The van der Waals surface area contributed by atoms with Crippen molar-refractivity contribution in [2.24, 2.45) is 10.2 Å². The van der Waals surface area contributed by atoms with Gasteiger partial charge in [-0.2, -0.15) is 5.11 Å². The average Bonchev–Trinajstić information content (AvgIpc) is 2.94. The van der Waals surface area contributed by atoms with Crippen LogP contribution in [0.1, 0.15) is 0 Å². The van der Waals surface area contributed by atoms with Gasteiger partial charge in [-0.15, -0.1) is 5.11 Å². The highest BCUT2D eigenvalue weighted by Gasteiger charge is 2.12. The van der Waals surface area contributed by atoms with Crippen molar-refractivity contribution in [2.75, 3.05) is 7.11 Å². The highest BCUT2D eigenvalue weighted by Crippen LogP contribution is 2.29. The normalized spacial score (nSPS) is 11.0. The molecule has 0 fully saturated rings. The molecule has 0 aliphatic rings.